The van der Waals surface area contributed by atoms with E-state index in [4.69, 9.17) is 0 Å². The largest absolute Gasteiger partial charge is 0.463 e. The number of fused-ring (bicyclic) bond motifs is 1. The molecule has 0 spiro atoms. The lowest BCUT2D eigenvalue weighted by Gasteiger charge is -1.96. The van der Waals surface area contributed by atoms with Gasteiger partial charge in [0.2, 0.25) is 5.82 Å². The number of rotatable bonds is 1. The summed E-state index contributed by atoms with van der Waals surface area (Å²) in [7, 11) is 1.32. The molecule has 0 bridgehead atoms. The predicted molar refractivity (Wildman–Crippen MR) is 44.3 cm³/mol. The van der Waals surface area contributed by atoms with Crippen molar-refractivity contribution in [2.75, 3.05) is 7.11 Å². The number of nitrogens with zero attached hydrogens (tertiary/aromatic N) is 3. The summed E-state index contributed by atoms with van der Waals surface area (Å²) in [5, 5.41) is 0. The van der Waals surface area contributed by atoms with Crippen LogP contribution in [0.2, 0.25) is 0 Å². The Morgan fingerprint density at radius 3 is 3.15 bits per heavy atom. The summed E-state index contributed by atoms with van der Waals surface area (Å²) in [5.41, 5.74) is 0.628. The number of aromatic nitrogens is 3. The molecule has 0 aromatic carbocycles. The molecule has 5 heteroatoms. The predicted octanol–water partition coefficient (Wildman–Crippen LogP) is 0.516. The zero-order chi connectivity index (χ0) is 9.26. The molecule has 13 heavy (non-hydrogen) atoms. The monoisotopic (exact) mass is 177 g/mol. The smallest absolute Gasteiger partial charge is 0.374 e. The van der Waals surface area contributed by atoms with Crippen molar-refractivity contribution in [2.45, 2.75) is 0 Å². The van der Waals surface area contributed by atoms with Gasteiger partial charge in [-0.25, -0.2) is 14.8 Å². The van der Waals surface area contributed by atoms with Gasteiger partial charge in [-0.05, 0) is 6.07 Å². The SMILES string of the molecule is COC(=O)c1ncc2ncccn12. The van der Waals surface area contributed by atoms with Gasteiger partial charge in [0.15, 0.2) is 5.65 Å². The molecule has 0 aliphatic rings. The molecular formula is C8H7N3O2. The van der Waals surface area contributed by atoms with E-state index in [9.17, 15) is 4.79 Å². The third-order valence-electron chi connectivity index (χ3n) is 1.67. The molecule has 0 N–H and O–H groups in total. The van der Waals surface area contributed by atoms with Crippen molar-refractivity contribution in [3.63, 3.8) is 0 Å². The molecule has 0 saturated heterocycles. The molecule has 2 heterocycles. The maximum absolute atomic E-state index is 11.2. The van der Waals surface area contributed by atoms with Crippen molar-refractivity contribution in [3.05, 3.63) is 30.5 Å². The normalized spacial score (nSPS) is 10.2. The summed E-state index contributed by atoms with van der Waals surface area (Å²) in [6.45, 7) is 0. The number of hydrogen-bond acceptors (Lipinski definition) is 4. The van der Waals surface area contributed by atoms with Gasteiger partial charge < -0.3 is 4.74 Å². The van der Waals surface area contributed by atoms with Crippen molar-refractivity contribution in [3.8, 4) is 0 Å². The van der Waals surface area contributed by atoms with E-state index in [0.29, 0.717) is 5.65 Å². The van der Waals surface area contributed by atoms with Crippen LogP contribution in [0, 0.1) is 0 Å². The second-order valence-electron chi connectivity index (χ2n) is 2.42. The number of carbonyl (C=O) groups excluding carboxylic acids is 1. The van der Waals surface area contributed by atoms with E-state index in [-0.39, 0.29) is 5.82 Å². The zero-order valence-corrected chi connectivity index (χ0v) is 6.97. The molecule has 2 rings (SSSR count). The summed E-state index contributed by atoms with van der Waals surface area (Å²) in [5.74, 6) is -0.224. The lowest BCUT2D eigenvalue weighted by molar-refractivity contribution is 0.0586. The lowest BCUT2D eigenvalue weighted by Crippen LogP contribution is -2.06. The number of hydrogen-bond donors (Lipinski definition) is 0. The van der Waals surface area contributed by atoms with E-state index in [0.717, 1.165) is 0 Å². The molecule has 0 radical (unpaired) electrons. The van der Waals surface area contributed by atoms with Gasteiger partial charge in [0.25, 0.3) is 0 Å². The van der Waals surface area contributed by atoms with Crippen molar-refractivity contribution in [2.24, 2.45) is 0 Å². The molecular weight excluding hydrogens is 170 g/mol. The van der Waals surface area contributed by atoms with Crippen LogP contribution >= 0.6 is 0 Å². The first-order valence-corrected chi connectivity index (χ1v) is 3.69. The molecule has 0 fully saturated rings. The highest BCUT2D eigenvalue weighted by atomic mass is 16.5. The van der Waals surface area contributed by atoms with Crippen LogP contribution in [-0.2, 0) is 4.74 Å². The van der Waals surface area contributed by atoms with E-state index < -0.39 is 5.97 Å². The van der Waals surface area contributed by atoms with Gasteiger partial charge in [0.1, 0.15) is 0 Å². The van der Waals surface area contributed by atoms with E-state index in [1.165, 1.54) is 13.3 Å². The minimum Gasteiger partial charge on any atom is -0.463 e. The van der Waals surface area contributed by atoms with Gasteiger partial charge in [-0.2, -0.15) is 0 Å². The highest BCUT2D eigenvalue weighted by Gasteiger charge is 2.12. The number of ether oxygens (including phenoxy) is 1. The fraction of sp³-hybridized carbons (Fsp3) is 0.125. The molecule has 66 valence electrons. The van der Waals surface area contributed by atoms with Crippen LogP contribution in [0.3, 0.4) is 0 Å². The van der Waals surface area contributed by atoms with Crippen molar-refractivity contribution >= 4 is 11.6 Å². The Labute approximate surface area is 74.0 Å². The van der Waals surface area contributed by atoms with E-state index >= 15 is 0 Å². The van der Waals surface area contributed by atoms with Crippen LogP contribution in [0.25, 0.3) is 5.65 Å². The van der Waals surface area contributed by atoms with Crippen molar-refractivity contribution in [1.29, 1.82) is 0 Å². The average Bonchev–Trinajstić information content (AvgIpc) is 2.60. The van der Waals surface area contributed by atoms with Crippen LogP contribution in [0.1, 0.15) is 10.6 Å². The number of carbonyl (C=O) groups is 1. The van der Waals surface area contributed by atoms with Gasteiger partial charge >= 0.3 is 5.97 Å². The third kappa shape index (κ3) is 1.14. The van der Waals surface area contributed by atoms with Crippen molar-refractivity contribution in [1.82, 2.24) is 14.4 Å². The van der Waals surface area contributed by atoms with Crippen LogP contribution in [0.15, 0.2) is 24.7 Å². The second kappa shape index (κ2) is 2.85. The Hall–Kier alpha value is -1.91. The zero-order valence-electron chi connectivity index (χ0n) is 6.97. The molecule has 0 aliphatic heterocycles. The van der Waals surface area contributed by atoms with Gasteiger partial charge in [0, 0.05) is 12.4 Å². The fourth-order valence-electron chi connectivity index (χ4n) is 1.08. The summed E-state index contributed by atoms with van der Waals surface area (Å²) < 4.78 is 6.13. The Morgan fingerprint density at radius 2 is 2.38 bits per heavy atom. The minimum atomic E-state index is -0.465. The Kier molecular flexibility index (Phi) is 1.70. The van der Waals surface area contributed by atoms with Gasteiger partial charge in [-0.15, -0.1) is 0 Å². The first-order chi connectivity index (χ1) is 6.33. The molecule has 0 saturated carbocycles. The summed E-state index contributed by atoms with van der Waals surface area (Å²) in [4.78, 5) is 19.1. The molecule has 0 unspecified atom stereocenters. The quantitative estimate of drug-likeness (QED) is 0.596. The number of methoxy groups -OCH3 is 1. The van der Waals surface area contributed by atoms with Gasteiger partial charge in [0.05, 0.1) is 13.3 Å². The van der Waals surface area contributed by atoms with Crippen LogP contribution in [0.4, 0.5) is 0 Å². The summed E-state index contributed by atoms with van der Waals surface area (Å²) >= 11 is 0. The Morgan fingerprint density at radius 1 is 1.54 bits per heavy atom. The van der Waals surface area contributed by atoms with Crippen LogP contribution < -0.4 is 0 Å². The summed E-state index contributed by atoms with van der Waals surface area (Å²) in [6, 6.07) is 1.72. The highest BCUT2D eigenvalue weighted by Crippen LogP contribution is 2.03. The highest BCUT2D eigenvalue weighted by molar-refractivity contribution is 5.86. The van der Waals surface area contributed by atoms with E-state index in [1.807, 2.05) is 0 Å². The Balaban J connectivity index is 2.64. The average molecular weight is 177 g/mol. The topological polar surface area (TPSA) is 56.5 Å². The molecule has 0 atom stereocenters. The number of imidazole rings is 1. The molecule has 0 amide bonds. The summed E-state index contributed by atoms with van der Waals surface area (Å²) in [6.07, 6.45) is 4.87. The minimum absolute atomic E-state index is 0.241. The standard InChI is InChI=1S/C8H7N3O2/c1-13-8(12)7-10-5-6-9-3-2-4-11(6)7/h2-5H,1H3. The first kappa shape index (κ1) is 7.72. The van der Waals surface area contributed by atoms with E-state index in [1.54, 1.807) is 22.9 Å². The fourth-order valence-corrected chi connectivity index (χ4v) is 1.08. The number of esters is 1. The maximum atomic E-state index is 11.2. The Bertz CT molecular complexity index is 449. The third-order valence-corrected chi connectivity index (χ3v) is 1.67. The van der Waals surface area contributed by atoms with Crippen LogP contribution in [-0.4, -0.2) is 27.4 Å². The van der Waals surface area contributed by atoms with Gasteiger partial charge in [-0.3, -0.25) is 4.40 Å². The van der Waals surface area contributed by atoms with E-state index in [2.05, 4.69) is 14.7 Å². The maximum Gasteiger partial charge on any atom is 0.374 e. The molecule has 0 aliphatic carbocycles. The van der Waals surface area contributed by atoms with Crippen molar-refractivity contribution < 1.29 is 9.53 Å². The molecule has 2 aromatic rings. The molecule has 2 aromatic heterocycles. The second-order valence-corrected chi connectivity index (χ2v) is 2.42. The van der Waals surface area contributed by atoms with Crippen LogP contribution in [0.5, 0.6) is 0 Å². The van der Waals surface area contributed by atoms with Gasteiger partial charge in [-0.1, -0.05) is 0 Å². The molecule has 5 nitrogen and oxygen atoms in total. The first-order valence-electron chi connectivity index (χ1n) is 3.69. The lowest BCUT2D eigenvalue weighted by atomic mass is 10.6.